The van der Waals surface area contributed by atoms with Gasteiger partial charge in [-0.2, -0.15) is 0 Å². The Bertz CT molecular complexity index is 1690. The third-order valence-corrected chi connectivity index (χ3v) is 10.2. The van der Waals surface area contributed by atoms with Crippen molar-refractivity contribution in [2.24, 2.45) is 5.41 Å². The van der Waals surface area contributed by atoms with Crippen LogP contribution in [0.1, 0.15) is 108 Å². The molecular formula is C43H47Zr-. The summed E-state index contributed by atoms with van der Waals surface area (Å²) in [7, 11) is 0. The summed E-state index contributed by atoms with van der Waals surface area (Å²) in [5.41, 5.74) is 15.8. The van der Waals surface area contributed by atoms with E-state index in [1.165, 1.54) is 88.7 Å². The van der Waals surface area contributed by atoms with Crippen LogP contribution in [0.2, 0.25) is 0 Å². The van der Waals surface area contributed by atoms with Gasteiger partial charge < -0.3 is 0 Å². The van der Waals surface area contributed by atoms with Gasteiger partial charge in [-0.05, 0) is 40.2 Å². The van der Waals surface area contributed by atoms with Crippen LogP contribution >= 0.6 is 0 Å². The van der Waals surface area contributed by atoms with E-state index in [-0.39, 0.29) is 16.2 Å². The molecule has 0 nitrogen and oxygen atoms in total. The van der Waals surface area contributed by atoms with Crippen molar-refractivity contribution >= 4 is 8.78 Å². The topological polar surface area (TPSA) is 0 Å². The van der Waals surface area contributed by atoms with Crippen molar-refractivity contribution in [3.63, 3.8) is 0 Å². The Morgan fingerprint density at radius 1 is 0.659 bits per heavy atom. The van der Waals surface area contributed by atoms with E-state index in [1.807, 2.05) is 0 Å². The van der Waals surface area contributed by atoms with Crippen molar-refractivity contribution in [1.29, 1.82) is 0 Å². The standard InChI is InChI=1S/C30H37.C13H10.Zr/c1-28(2,3)22-12-11-20(15-22)26-16-21-14-19-10-13-23(29(4,5)6)17-24(19)25(21)18-27(26)30(7,8)9;1-3-7-12(8-4-1)11-13-9-5-2-6-10-13;/h10,12-13,15,17-18H,11,14H2,1-9H3;1-10H;/q-1;;. The predicted molar refractivity (Wildman–Crippen MR) is 187 cm³/mol. The first-order valence-electron chi connectivity index (χ1n) is 16.0. The molecule has 0 atom stereocenters. The van der Waals surface area contributed by atoms with E-state index in [2.05, 4.69) is 165 Å². The SMILES string of the molecule is CC(C)(C)C1=CCC(c2[c-]c3c(cc2C(C)(C)C)-c2cc(C(C)(C)C)ccc2C3)=C1.[Zr]=[C](c1ccccc1)c1ccccc1. The van der Waals surface area contributed by atoms with Gasteiger partial charge in [0.2, 0.25) is 0 Å². The number of hydrogen-bond donors (Lipinski definition) is 0. The van der Waals surface area contributed by atoms with Crippen LogP contribution in [-0.2, 0) is 41.5 Å². The van der Waals surface area contributed by atoms with E-state index in [1.54, 1.807) is 0 Å². The molecule has 0 bridgehead atoms. The van der Waals surface area contributed by atoms with Crippen molar-refractivity contribution in [2.45, 2.75) is 86.0 Å². The second-order valence-electron chi connectivity index (χ2n) is 15.4. The average Bonchev–Trinajstić information content (AvgIpc) is 3.61. The fourth-order valence-corrected chi connectivity index (χ4v) is 6.87. The zero-order chi connectivity index (χ0) is 31.9. The van der Waals surface area contributed by atoms with Gasteiger partial charge >= 0.3 is 99.2 Å². The van der Waals surface area contributed by atoms with Gasteiger partial charge in [-0.3, -0.25) is 0 Å². The summed E-state index contributed by atoms with van der Waals surface area (Å²) >= 11 is 1.46. The molecule has 0 radical (unpaired) electrons. The second kappa shape index (κ2) is 12.5. The number of fused-ring (bicyclic) bond motifs is 3. The summed E-state index contributed by atoms with van der Waals surface area (Å²) < 4.78 is 1.42. The first kappa shape index (κ1) is 32.5. The van der Waals surface area contributed by atoms with Crippen LogP contribution in [0.25, 0.3) is 16.7 Å². The maximum absolute atomic E-state index is 3.92. The molecule has 0 heterocycles. The Morgan fingerprint density at radius 3 is 1.75 bits per heavy atom. The van der Waals surface area contributed by atoms with Gasteiger partial charge in [0.15, 0.2) is 0 Å². The minimum absolute atomic E-state index is 0.0799. The third-order valence-electron chi connectivity index (χ3n) is 8.78. The van der Waals surface area contributed by atoms with Crippen molar-refractivity contribution in [3.05, 3.63) is 148 Å². The van der Waals surface area contributed by atoms with E-state index in [0.29, 0.717) is 0 Å². The van der Waals surface area contributed by atoms with Crippen LogP contribution in [0.4, 0.5) is 0 Å². The molecule has 0 spiro atoms. The summed E-state index contributed by atoms with van der Waals surface area (Å²) in [5.74, 6) is 0. The molecule has 224 valence electrons. The monoisotopic (exact) mass is 653 g/mol. The Labute approximate surface area is 281 Å². The van der Waals surface area contributed by atoms with Gasteiger partial charge in [0.1, 0.15) is 0 Å². The maximum atomic E-state index is 3.92. The molecule has 0 aliphatic heterocycles. The van der Waals surface area contributed by atoms with Crippen LogP contribution in [0, 0.1) is 11.5 Å². The first-order chi connectivity index (χ1) is 20.6. The molecule has 0 saturated heterocycles. The fraction of sp³-hybridized carbons (Fsp3) is 0.326. The molecule has 0 N–H and O–H groups in total. The molecule has 0 unspecified atom stereocenters. The predicted octanol–water partition coefficient (Wildman–Crippen LogP) is 11.2. The summed E-state index contributed by atoms with van der Waals surface area (Å²) in [6.45, 7) is 20.8. The number of benzene rings is 4. The summed E-state index contributed by atoms with van der Waals surface area (Å²) in [5, 5.41) is 0. The van der Waals surface area contributed by atoms with E-state index in [4.69, 9.17) is 0 Å². The minimum atomic E-state index is 0.0799. The molecule has 4 aromatic rings. The van der Waals surface area contributed by atoms with Gasteiger partial charge in [0.05, 0.1) is 0 Å². The fourth-order valence-electron chi connectivity index (χ4n) is 6.05. The quantitative estimate of drug-likeness (QED) is 0.170. The van der Waals surface area contributed by atoms with Crippen LogP contribution < -0.4 is 0 Å². The van der Waals surface area contributed by atoms with Crippen molar-refractivity contribution in [1.82, 2.24) is 0 Å². The summed E-state index contributed by atoms with van der Waals surface area (Å²) in [6, 6.07) is 34.6. The number of rotatable bonds is 3. The summed E-state index contributed by atoms with van der Waals surface area (Å²) in [6.07, 6.45) is 6.85. The molecule has 0 aromatic heterocycles. The van der Waals surface area contributed by atoms with Gasteiger partial charge in [-0.1, -0.05) is 109 Å². The van der Waals surface area contributed by atoms with Gasteiger partial charge in [0.25, 0.3) is 0 Å². The van der Waals surface area contributed by atoms with Crippen LogP contribution in [0.5, 0.6) is 0 Å². The second-order valence-corrected chi connectivity index (χ2v) is 16.6. The molecule has 1 heteroatoms. The zero-order valence-electron chi connectivity index (χ0n) is 28.2. The molecule has 6 rings (SSSR count). The number of hydrogen-bond acceptors (Lipinski definition) is 0. The van der Waals surface area contributed by atoms with E-state index < -0.39 is 0 Å². The Kier molecular flexibility index (Phi) is 9.22. The van der Waals surface area contributed by atoms with Gasteiger partial charge in [0, 0.05) is 0 Å². The Morgan fingerprint density at radius 2 is 1.25 bits per heavy atom. The van der Waals surface area contributed by atoms with Crippen molar-refractivity contribution in [3.8, 4) is 11.1 Å². The number of allylic oxidation sites excluding steroid dienone is 4. The Balaban J connectivity index is 0.000000229. The van der Waals surface area contributed by atoms with E-state index in [0.717, 1.165) is 12.8 Å². The van der Waals surface area contributed by atoms with Crippen LogP contribution in [0.3, 0.4) is 0 Å². The summed E-state index contributed by atoms with van der Waals surface area (Å²) in [4.78, 5) is 0. The molecule has 0 saturated carbocycles. The van der Waals surface area contributed by atoms with Gasteiger partial charge in [-0.15, -0.1) is 34.4 Å². The molecule has 4 aromatic carbocycles. The molecule has 2 aliphatic carbocycles. The molecular weight excluding hydrogens is 608 g/mol. The molecule has 44 heavy (non-hydrogen) atoms. The van der Waals surface area contributed by atoms with Crippen molar-refractivity contribution < 1.29 is 24.2 Å². The first-order valence-corrected chi connectivity index (χ1v) is 17.2. The van der Waals surface area contributed by atoms with Crippen molar-refractivity contribution in [2.75, 3.05) is 0 Å². The van der Waals surface area contributed by atoms with E-state index in [9.17, 15) is 0 Å². The zero-order valence-corrected chi connectivity index (χ0v) is 30.6. The Hall–Kier alpha value is -2.89. The molecule has 0 fully saturated rings. The van der Waals surface area contributed by atoms with E-state index >= 15 is 0 Å². The average molecular weight is 655 g/mol. The normalized spacial score (nSPS) is 14.2. The third kappa shape index (κ3) is 7.15. The molecule has 0 amide bonds. The van der Waals surface area contributed by atoms with Crippen LogP contribution in [0.15, 0.2) is 103 Å². The molecule has 2 aliphatic rings. The van der Waals surface area contributed by atoms with Gasteiger partial charge in [-0.25, -0.2) is 0 Å². The van der Waals surface area contributed by atoms with Crippen LogP contribution in [-0.4, -0.2) is 3.21 Å².